The minimum atomic E-state index is -0.902. The molecule has 1 atom stereocenters. The summed E-state index contributed by atoms with van der Waals surface area (Å²) in [6.45, 7) is 1.57. The highest BCUT2D eigenvalue weighted by molar-refractivity contribution is 6.19. The van der Waals surface area contributed by atoms with Gasteiger partial charge in [-0.1, -0.05) is 12.2 Å². The van der Waals surface area contributed by atoms with Crippen molar-refractivity contribution in [3.05, 3.63) is 24.0 Å². The number of aliphatic carboxylic acids is 1. The van der Waals surface area contributed by atoms with Crippen LogP contribution in [0.2, 0.25) is 0 Å². The summed E-state index contributed by atoms with van der Waals surface area (Å²) in [5.74, 6) is -0.472. The van der Waals surface area contributed by atoms with Crippen LogP contribution in [0.3, 0.4) is 0 Å². The van der Waals surface area contributed by atoms with Crippen molar-refractivity contribution in [2.24, 2.45) is 0 Å². The third-order valence-corrected chi connectivity index (χ3v) is 1.95. The second kappa shape index (κ2) is 4.81. The first-order valence-corrected chi connectivity index (χ1v) is 4.68. The molecule has 76 valence electrons. The number of hydrogen-bond acceptors (Lipinski definition) is 2. The van der Waals surface area contributed by atoms with E-state index >= 15 is 0 Å². The molecule has 0 saturated heterocycles. The molecule has 1 aromatic rings. The Balaban J connectivity index is 2.77. The van der Waals surface area contributed by atoms with Gasteiger partial charge in [-0.2, -0.15) is 5.10 Å². The average Bonchev–Trinajstić information content (AvgIpc) is 2.61. The third-order valence-electron chi connectivity index (χ3n) is 1.78. The molecule has 1 N–H and O–H groups in total. The zero-order valence-corrected chi connectivity index (χ0v) is 8.48. The summed E-state index contributed by atoms with van der Waals surface area (Å²) in [7, 11) is 0. The molecule has 1 aromatic heterocycles. The van der Waals surface area contributed by atoms with Crippen molar-refractivity contribution in [2.45, 2.75) is 13.0 Å². The second-order valence-electron chi connectivity index (χ2n) is 2.82. The number of rotatable bonds is 4. The van der Waals surface area contributed by atoms with Crippen LogP contribution >= 0.6 is 11.6 Å². The average molecular weight is 215 g/mol. The van der Waals surface area contributed by atoms with Gasteiger partial charge < -0.3 is 5.11 Å². The SMILES string of the molecule is C[C@@H](C(=O)O)n1cc(C=CCCl)cn1. The maximum atomic E-state index is 10.6. The quantitative estimate of drug-likeness (QED) is 0.778. The Kier molecular flexibility index (Phi) is 3.71. The van der Waals surface area contributed by atoms with Gasteiger partial charge in [-0.25, -0.2) is 4.79 Å². The largest absolute Gasteiger partial charge is 0.480 e. The summed E-state index contributed by atoms with van der Waals surface area (Å²) in [6.07, 6.45) is 6.84. The molecule has 0 amide bonds. The highest BCUT2D eigenvalue weighted by Gasteiger charge is 2.13. The van der Waals surface area contributed by atoms with Gasteiger partial charge in [0.1, 0.15) is 6.04 Å². The number of nitrogens with zero attached hydrogens (tertiary/aromatic N) is 2. The molecule has 5 heteroatoms. The molecular formula is C9H11ClN2O2. The molecule has 0 spiro atoms. The van der Waals surface area contributed by atoms with Crippen LogP contribution in [0.1, 0.15) is 18.5 Å². The normalized spacial score (nSPS) is 13.3. The fraction of sp³-hybridized carbons (Fsp3) is 0.333. The van der Waals surface area contributed by atoms with E-state index in [-0.39, 0.29) is 0 Å². The predicted octanol–water partition coefficient (Wildman–Crippen LogP) is 1.78. The first kappa shape index (κ1) is 10.8. The van der Waals surface area contributed by atoms with Crippen LogP contribution < -0.4 is 0 Å². The van der Waals surface area contributed by atoms with E-state index < -0.39 is 12.0 Å². The van der Waals surface area contributed by atoms with Crippen LogP contribution in [0.25, 0.3) is 6.08 Å². The lowest BCUT2D eigenvalue weighted by Crippen LogP contribution is -2.15. The van der Waals surface area contributed by atoms with Crippen LogP contribution in [0.4, 0.5) is 0 Å². The van der Waals surface area contributed by atoms with E-state index in [0.717, 1.165) is 5.56 Å². The highest BCUT2D eigenvalue weighted by Crippen LogP contribution is 2.07. The Morgan fingerprint density at radius 3 is 3.14 bits per heavy atom. The van der Waals surface area contributed by atoms with Crippen LogP contribution in [0.5, 0.6) is 0 Å². The molecule has 0 aliphatic rings. The van der Waals surface area contributed by atoms with Gasteiger partial charge in [0.15, 0.2) is 0 Å². The van der Waals surface area contributed by atoms with E-state index in [1.54, 1.807) is 31.5 Å². The lowest BCUT2D eigenvalue weighted by molar-refractivity contribution is -0.140. The second-order valence-corrected chi connectivity index (χ2v) is 3.13. The number of halogens is 1. The van der Waals surface area contributed by atoms with E-state index in [1.165, 1.54) is 4.68 Å². The van der Waals surface area contributed by atoms with Crippen molar-refractivity contribution in [1.29, 1.82) is 0 Å². The molecular weight excluding hydrogens is 204 g/mol. The molecule has 0 aliphatic heterocycles. The van der Waals surface area contributed by atoms with Crippen molar-refractivity contribution in [3.8, 4) is 0 Å². The first-order valence-electron chi connectivity index (χ1n) is 4.14. The molecule has 0 aromatic carbocycles. The summed E-state index contributed by atoms with van der Waals surface area (Å²) in [5.41, 5.74) is 0.846. The van der Waals surface area contributed by atoms with Crippen molar-refractivity contribution in [3.63, 3.8) is 0 Å². The number of carbonyl (C=O) groups is 1. The molecule has 1 rings (SSSR count). The molecule has 14 heavy (non-hydrogen) atoms. The summed E-state index contributed by atoms with van der Waals surface area (Å²) in [4.78, 5) is 10.6. The van der Waals surface area contributed by atoms with Crippen LogP contribution in [0, 0.1) is 0 Å². The van der Waals surface area contributed by atoms with Gasteiger partial charge in [-0.3, -0.25) is 4.68 Å². The Hall–Kier alpha value is -1.29. The summed E-state index contributed by atoms with van der Waals surface area (Å²) < 4.78 is 1.40. The van der Waals surface area contributed by atoms with Gasteiger partial charge in [0.25, 0.3) is 0 Å². The van der Waals surface area contributed by atoms with E-state index in [0.29, 0.717) is 5.88 Å². The van der Waals surface area contributed by atoms with Gasteiger partial charge in [0, 0.05) is 17.6 Å². The summed E-state index contributed by atoms with van der Waals surface area (Å²) in [5, 5.41) is 12.7. The Labute approximate surface area is 86.8 Å². The Bertz CT molecular complexity index is 346. The van der Waals surface area contributed by atoms with Crippen LogP contribution in [0.15, 0.2) is 18.5 Å². The number of alkyl halides is 1. The standard InChI is InChI=1S/C9H11ClN2O2/c1-7(9(13)14)12-6-8(5-11-12)3-2-4-10/h2-3,5-7H,4H2,1H3,(H,13,14)/t7-/m0/s1. The zero-order chi connectivity index (χ0) is 10.6. The maximum absolute atomic E-state index is 10.6. The molecule has 0 radical (unpaired) electrons. The molecule has 1 heterocycles. The lowest BCUT2D eigenvalue weighted by atomic mass is 10.3. The van der Waals surface area contributed by atoms with Crippen LogP contribution in [-0.4, -0.2) is 26.7 Å². The smallest absolute Gasteiger partial charge is 0.328 e. The molecule has 0 aliphatic carbocycles. The fourth-order valence-corrected chi connectivity index (χ4v) is 1.03. The molecule has 0 saturated carbocycles. The number of aromatic nitrogens is 2. The van der Waals surface area contributed by atoms with E-state index in [9.17, 15) is 4.79 Å². The Morgan fingerprint density at radius 2 is 2.57 bits per heavy atom. The Morgan fingerprint density at radius 1 is 1.86 bits per heavy atom. The number of allylic oxidation sites excluding steroid dienone is 1. The van der Waals surface area contributed by atoms with Crippen molar-refractivity contribution in [1.82, 2.24) is 9.78 Å². The molecule has 0 bridgehead atoms. The minimum Gasteiger partial charge on any atom is -0.480 e. The predicted molar refractivity (Wildman–Crippen MR) is 54.3 cm³/mol. The van der Waals surface area contributed by atoms with E-state index in [1.807, 2.05) is 0 Å². The van der Waals surface area contributed by atoms with Gasteiger partial charge >= 0.3 is 5.97 Å². The van der Waals surface area contributed by atoms with Gasteiger partial charge in [-0.15, -0.1) is 11.6 Å². The number of hydrogen-bond donors (Lipinski definition) is 1. The maximum Gasteiger partial charge on any atom is 0.328 e. The van der Waals surface area contributed by atoms with E-state index in [4.69, 9.17) is 16.7 Å². The first-order chi connectivity index (χ1) is 6.65. The lowest BCUT2D eigenvalue weighted by Gasteiger charge is -2.04. The van der Waals surface area contributed by atoms with Gasteiger partial charge in [0.05, 0.1) is 6.20 Å². The zero-order valence-electron chi connectivity index (χ0n) is 7.72. The van der Waals surface area contributed by atoms with Gasteiger partial charge in [0.2, 0.25) is 0 Å². The van der Waals surface area contributed by atoms with Crippen molar-refractivity contribution >= 4 is 23.6 Å². The molecule has 0 unspecified atom stereocenters. The summed E-state index contributed by atoms with van der Waals surface area (Å²) in [6, 6.07) is -0.645. The highest BCUT2D eigenvalue weighted by atomic mass is 35.5. The van der Waals surface area contributed by atoms with Crippen LogP contribution in [-0.2, 0) is 4.79 Å². The number of carboxylic acid groups (broad SMARTS) is 1. The van der Waals surface area contributed by atoms with Crippen molar-refractivity contribution < 1.29 is 9.90 Å². The monoisotopic (exact) mass is 214 g/mol. The van der Waals surface area contributed by atoms with Gasteiger partial charge in [-0.05, 0) is 6.92 Å². The number of carboxylic acids is 1. The van der Waals surface area contributed by atoms with Crippen molar-refractivity contribution in [2.75, 3.05) is 5.88 Å². The topological polar surface area (TPSA) is 55.1 Å². The summed E-state index contributed by atoms with van der Waals surface area (Å²) >= 11 is 5.46. The third kappa shape index (κ3) is 2.60. The molecule has 0 fully saturated rings. The molecule has 4 nitrogen and oxygen atoms in total. The fourth-order valence-electron chi connectivity index (χ4n) is 0.944. The van der Waals surface area contributed by atoms with E-state index in [2.05, 4.69) is 5.10 Å². The minimum absolute atomic E-state index is 0.430.